The Morgan fingerprint density at radius 1 is 1.29 bits per heavy atom. The van der Waals surface area contributed by atoms with Crippen LogP contribution >= 0.6 is 0 Å². The van der Waals surface area contributed by atoms with Crippen LogP contribution in [0.5, 0.6) is 11.5 Å². The maximum Gasteiger partial charge on any atom is 0.160 e. The second kappa shape index (κ2) is 6.59. The number of rotatable bonds is 4. The van der Waals surface area contributed by atoms with E-state index in [-0.39, 0.29) is 24.5 Å². The number of aliphatic hydroxyl groups excluding tert-OH is 4. The molecule has 1 aliphatic rings. The van der Waals surface area contributed by atoms with Gasteiger partial charge in [0.15, 0.2) is 11.5 Å². The Labute approximate surface area is 122 Å². The molecule has 2 rings (SSSR count). The van der Waals surface area contributed by atoms with Crippen molar-refractivity contribution in [3.05, 3.63) is 23.8 Å². The average molecular weight is 300 g/mol. The summed E-state index contributed by atoms with van der Waals surface area (Å²) in [5.41, 5.74) is 0.487. The van der Waals surface area contributed by atoms with E-state index in [0.29, 0.717) is 5.56 Å². The van der Waals surface area contributed by atoms with Gasteiger partial charge in [-0.15, -0.1) is 0 Å². The van der Waals surface area contributed by atoms with Crippen LogP contribution in [0.4, 0.5) is 0 Å². The Balaban J connectivity index is 2.06. The average Bonchev–Trinajstić information content (AvgIpc) is 2.48. The highest BCUT2D eigenvalue weighted by molar-refractivity contribution is 5.42. The van der Waals surface area contributed by atoms with Gasteiger partial charge >= 0.3 is 0 Å². The predicted octanol–water partition coefficient (Wildman–Crippen LogP) is -0.694. The lowest BCUT2D eigenvalue weighted by atomic mass is 9.93. The maximum atomic E-state index is 10.2. The predicted molar refractivity (Wildman–Crippen MR) is 72.0 cm³/mol. The second-order valence-corrected chi connectivity index (χ2v) is 5.10. The summed E-state index contributed by atoms with van der Waals surface area (Å²) in [5.74, 6) is 0.188. The van der Waals surface area contributed by atoms with Crippen LogP contribution in [-0.2, 0) is 4.74 Å². The van der Waals surface area contributed by atoms with Crippen molar-refractivity contribution in [3.8, 4) is 11.5 Å². The molecular weight excluding hydrogens is 280 g/mol. The summed E-state index contributed by atoms with van der Waals surface area (Å²) in [6.07, 6.45) is -5.44. The molecule has 0 bridgehead atoms. The molecule has 1 heterocycles. The molecule has 7 nitrogen and oxygen atoms in total. The van der Waals surface area contributed by atoms with E-state index in [4.69, 9.17) is 9.47 Å². The lowest BCUT2D eigenvalue weighted by Crippen LogP contribution is -2.53. The Morgan fingerprint density at radius 2 is 2.00 bits per heavy atom. The number of aromatic hydroxyl groups is 1. The highest BCUT2D eigenvalue weighted by atomic mass is 16.5. The number of hydrogen-bond donors (Lipinski definition) is 5. The fourth-order valence-electron chi connectivity index (χ4n) is 2.33. The Morgan fingerprint density at radius 3 is 2.67 bits per heavy atom. The van der Waals surface area contributed by atoms with Gasteiger partial charge in [0.05, 0.1) is 25.9 Å². The molecule has 1 aromatic rings. The van der Waals surface area contributed by atoms with Crippen LogP contribution in [0.3, 0.4) is 0 Å². The molecule has 1 aromatic carbocycles. The van der Waals surface area contributed by atoms with Crippen molar-refractivity contribution in [2.75, 3.05) is 13.7 Å². The summed E-state index contributed by atoms with van der Waals surface area (Å²) in [5, 5.41) is 48.5. The monoisotopic (exact) mass is 300 g/mol. The molecule has 0 saturated carbocycles. The quantitative estimate of drug-likeness (QED) is 0.499. The van der Waals surface area contributed by atoms with Crippen molar-refractivity contribution >= 4 is 0 Å². The fourth-order valence-corrected chi connectivity index (χ4v) is 2.33. The Kier molecular flexibility index (Phi) is 5.02. The molecular formula is C14H20O7. The maximum absolute atomic E-state index is 10.2. The minimum Gasteiger partial charge on any atom is -0.504 e. The van der Waals surface area contributed by atoms with Gasteiger partial charge in [-0.3, -0.25) is 0 Å². The van der Waals surface area contributed by atoms with Crippen LogP contribution in [0.25, 0.3) is 0 Å². The van der Waals surface area contributed by atoms with Gasteiger partial charge in [0.25, 0.3) is 0 Å². The van der Waals surface area contributed by atoms with E-state index >= 15 is 0 Å². The minimum absolute atomic E-state index is 0.0406. The molecule has 0 radical (unpaired) electrons. The number of phenols is 1. The van der Waals surface area contributed by atoms with Gasteiger partial charge in [0, 0.05) is 6.42 Å². The van der Waals surface area contributed by atoms with Crippen molar-refractivity contribution in [1.82, 2.24) is 0 Å². The van der Waals surface area contributed by atoms with Crippen LogP contribution in [-0.4, -0.2) is 63.7 Å². The smallest absolute Gasteiger partial charge is 0.160 e. The first kappa shape index (κ1) is 16.0. The summed E-state index contributed by atoms with van der Waals surface area (Å²) in [7, 11) is 1.40. The third-order valence-electron chi connectivity index (χ3n) is 3.65. The number of methoxy groups -OCH3 is 1. The zero-order chi connectivity index (χ0) is 15.6. The molecule has 1 aliphatic heterocycles. The first-order valence-corrected chi connectivity index (χ1v) is 6.64. The third kappa shape index (κ3) is 3.45. The standard InChI is InChI=1S/C14H20O7/c1-20-11-4-7(2-3-8(11)15)9(16)5-12-14(19)13(18)10(17)6-21-12/h2-4,9-10,12-19H,5-6H2,1H3/t9?,10-,12-,13+,14-/m1/s1. The number of phenolic OH excluding ortho intramolecular Hbond substituents is 1. The largest absolute Gasteiger partial charge is 0.504 e. The molecule has 0 aliphatic carbocycles. The van der Waals surface area contributed by atoms with E-state index in [9.17, 15) is 25.5 Å². The first-order valence-electron chi connectivity index (χ1n) is 6.64. The van der Waals surface area contributed by atoms with Crippen LogP contribution in [0.15, 0.2) is 18.2 Å². The molecule has 7 heteroatoms. The van der Waals surface area contributed by atoms with E-state index in [0.717, 1.165) is 0 Å². The third-order valence-corrected chi connectivity index (χ3v) is 3.65. The summed E-state index contributed by atoms with van der Waals surface area (Å²) < 4.78 is 10.2. The van der Waals surface area contributed by atoms with E-state index in [1.807, 2.05) is 0 Å². The van der Waals surface area contributed by atoms with Gasteiger partial charge in [0.2, 0.25) is 0 Å². The van der Waals surface area contributed by atoms with Gasteiger partial charge < -0.3 is 35.0 Å². The van der Waals surface area contributed by atoms with Crippen LogP contribution < -0.4 is 4.74 Å². The van der Waals surface area contributed by atoms with Gasteiger partial charge in [-0.25, -0.2) is 0 Å². The summed E-state index contributed by atoms with van der Waals surface area (Å²) in [6, 6.07) is 4.41. The van der Waals surface area contributed by atoms with Crippen molar-refractivity contribution in [2.45, 2.75) is 36.9 Å². The van der Waals surface area contributed by atoms with Crippen molar-refractivity contribution in [2.24, 2.45) is 0 Å². The molecule has 5 N–H and O–H groups in total. The molecule has 0 spiro atoms. The minimum atomic E-state index is -1.30. The summed E-state index contributed by atoms with van der Waals surface area (Å²) in [6.45, 7) is -0.103. The fraction of sp³-hybridized carbons (Fsp3) is 0.571. The number of ether oxygens (including phenoxy) is 2. The van der Waals surface area contributed by atoms with E-state index in [1.165, 1.54) is 25.3 Å². The zero-order valence-electron chi connectivity index (χ0n) is 11.6. The van der Waals surface area contributed by atoms with Gasteiger partial charge in [-0.1, -0.05) is 6.07 Å². The normalized spacial score (nSPS) is 30.9. The van der Waals surface area contributed by atoms with Gasteiger partial charge in [0.1, 0.15) is 18.3 Å². The van der Waals surface area contributed by atoms with E-state index < -0.39 is 30.5 Å². The lowest BCUT2D eigenvalue weighted by Gasteiger charge is -2.36. The molecule has 21 heavy (non-hydrogen) atoms. The molecule has 118 valence electrons. The van der Waals surface area contributed by atoms with Crippen LogP contribution in [0, 0.1) is 0 Å². The van der Waals surface area contributed by atoms with Gasteiger partial charge in [-0.2, -0.15) is 0 Å². The lowest BCUT2D eigenvalue weighted by molar-refractivity contribution is -0.193. The highest BCUT2D eigenvalue weighted by Crippen LogP contribution is 2.32. The number of benzene rings is 1. The highest BCUT2D eigenvalue weighted by Gasteiger charge is 2.38. The molecule has 1 saturated heterocycles. The SMILES string of the molecule is COc1cc(C(O)C[C@H]2OC[C@@H](O)[C@H](O)[C@@H]2O)ccc1O. The van der Waals surface area contributed by atoms with E-state index in [1.54, 1.807) is 0 Å². The Bertz CT molecular complexity index is 478. The molecule has 0 aromatic heterocycles. The summed E-state index contributed by atoms with van der Waals surface area (Å²) in [4.78, 5) is 0. The van der Waals surface area contributed by atoms with Crippen molar-refractivity contribution < 1.29 is 35.0 Å². The zero-order valence-corrected chi connectivity index (χ0v) is 11.6. The molecule has 5 atom stereocenters. The number of hydrogen-bond acceptors (Lipinski definition) is 7. The first-order chi connectivity index (χ1) is 9.93. The number of aliphatic hydroxyl groups is 4. The van der Waals surface area contributed by atoms with E-state index in [2.05, 4.69) is 0 Å². The second-order valence-electron chi connectivity index (χ2n) is 5.10. The topological polar surface area (TPSA) is 120 Å². The van der Waals surface area contributed by atoms with Crippen LogP contribution in [0.2, 0.25) is 0 Å². The molecule has 0 amide bonds. The summed E-state index contributed by atoms with van der Waals surface area (Å²) >= 11 is 0. The van der Waals surface area contributed by atoms with Crippen LogP contribution in [0.1, 0.15) is 18.1 Å². The van der Waals surface area contributed by atoms with Crippen molar-refractivity contribution in [3.63, 3.8) is 0 Å². The van der Waals surface area contributed by atoms with Crippen molar-refractivity contribution in [1.29, 1.82) is 0 Å². The van der Waals surface area contributed by atoms with Gasteiger partial charge in [-0.05, 0) is 17.7 Å². The Hall–Kier alpha value is -1.38. The molecule has 1 unspecified atom stereocenters. The molecule has 1 fully saturated rings.